The fourth-order valence-electron chi connectivity index (χ4n) is 2.67. The molecule has 2 N–H and O–H groups in total. The number of aryl methyl sites for hydroxylation is 1. The molecular formula is C15H23N3O5S. The molecule has 1 aromatic rings. The zero-order chi connectivity index (χ0) is 17.7. The number of sulfonamides is 1. The second-order valence-electron chi connectivity index (χ2n) is 5.82. The number of hydrogen-bond donors (Lipinski definition) is 1. The molecule has 2 rings (SSSR count). The Kier molecular flexibility index (Phi) is 6.27. The van der Waals surface area contributed by atoms with Gasteiger partial charge < -0.3 is 10.5 Å². The van der Waals surface area contributed by atoms with Crippen LogP contribution in [0.1, 0.15) is 24.8 Å². The van der Waals surface area contributed by atoms with Crippen LogP contribution in [0.15, 0.2) is 23.1 Å². The Morgan fingerprint density at radius 2 is 2.04 bits per heavy atom. The Morgan fingerprint density at radius 3 is 2.62 bits per heavy atom. The van der Waals surface area contributed by atoms with Gasteiger partial charge in [0.25, 0.3) is 5.69 Å². The Labute approximate surface area is 141 Å². The summed E-state index contributed by atoms with van der Waals surface area (Å²) < 4.78 is 32.4. The number of benzene rings is 1. The first-order chi connectivity index (χ1) is 11.4. The van der Waals surface area contributed by atoms with Crippen LogP contribution in [0.5, 0.6) is 0 Å². The fraction of sp³-hybridized carbons (Fsp3) is 0.600. The highest BCUT2D eigenvalue weighted by atomic mass is 32.2. The van der Waals surface area contributed by atoms with Crippen LogP contribution >= 0.6 is 0 Å². The van der Waals surface area contributed by atoms with E-state index in [-0.39, 0.29) is 16.7 Å². The molecule has 0 spiro atoms. The second-order valence-corrected chi connectivity index (χ2v) is 7.76. The van der Waals surface area contributed by atoms with Crippen LogP contribution in [-0.2, 0) is 14.8 Å². The van der Waals surface area contributed by atoms with E-state index < -0.39 is 14.9 Å². The van der Waals surface area contributed by atoms with Crippen LogP contribution in [0.25, 0.3) is 0 Å². The van der Waals surface area contributed by atoms with Crippen molar-refractivity contribution in [1.82, 2.24) is 4.31 Å². The van der Waals surface area contributed by atoms with E-state index in [1.807, 2.05) is 0 Å². The molecule has 134 valence electrons. The van der Waals surface area contributed by atoms with Gasteiger partial charge in [0.1, 0.15) is 0 Å². The molecule has 0 radical (unpaired) electrons. The van der Waals surface area contributed by atoms with E-state index in [0.29, 0.717) is 44.6 Å². The highest BCUT2D eigenvalue weighted by molar-refractivity contribution is 7.89. The monoisotopic (exact) mass is 357 g/mol. The van der Waals surface area contributed by atoms with Gasteiger partial charge in [-0.05, 0) is 38.8 Å². The molecule has 1 aliphatic heterocycles. The molecule has 0 amide bonds. The largest absolute Gasteiger partial charge is 0.378 e. The van der Waals surface area contributed by atoms with E-state index in [1.54, 1.807) is 6.92 Å². The summed E-state index contributed by atoms with van der Waals surface area (Å²) in [6.07, 6.45) is 2.04. The van der Waals surface area contributed by atoms with Gasteiger partial charge in [0.2, 0.25) is 10.0 Å². The number of piperidine rings is 1. The molecule has 1 heterocycles. The van der Waals surface area contributed by atoms with Gasteiger partial charge in [-0.3, -0.25) is 10.1 Å². The van der Waals surface area contributed by atoms with Crippen LogP contribution in [-0.4, -0.2) is 50.0 Å². The smallest absolute Gasteiger partial charge is 0.273 e. The maximum atomic E-state index is 12.7. The Balaban J connectivity index is 2.07. The Hall–Kier alpha value is -1.55. The van der Waals surface area contributed by atoms with Gasteiger partial charge in [-0.1, -0.05) is 6.07 Å². The van der Waals surface area contributed by atoms with E-state index in [9.17, 15) is 18.5 Å². The summed E-state index contributed by atoms with van der Waals surface area (Å²) in [6.45, 7) is 3.42. The molecule has 8 nitrogen and oxygen atoms in total. The number of nitro groups is 1. The summed E-state index contributed by atoms with van der Waals surface area (Å²) in [6, 6.07) is 4.02. The van der Waals surface area contributed by atoms with Gasteiger partial charge >= 0.3 is 0 Å². The predicted octanol–water partition coefficient (Wildman–Crippen LogP) is 1.42. The second kappa shape index (κ2) is 8.02. The number of ether oxygens (including phenoxy) is 1. The summed E-state index contributed by atoms with van der Waals surface area (Å²) in [5.74, 6) is 0. The molecule has 1 aliphatic rings. The summed E-state index contributed by atoms with van der Waals surface area (Å²) in [4.78, 5) is 10.4. The SMILES string of the molecule is Cc1ccc(S(=O)(=O)N2CCC(OCCCN)CC2)cc1[N+](=O)[O-]. The maximum Gasteiger partial charge on any atom is 0.273 e. The number of nitro benzene ring substituents is 1. The highest BCUT2D eigenvalue weighted by Gasteiger charge is 2.31. The minimum absolute atomic E-state index is 0.0374. The lowest BCUT2D eigenvalue weighted by Crippen LogP contribution is -2.41. The van der Waals surface area contributed by atoms with Crippen molar-refractivity contribution in [3.8, 4) is 0 Å². The molecule has 0 saturated carbocycles. The Morgan fingerprint density at radius 1 is 1.38 bits per heavy atom. The molecule has 0 unspecified atom stereocenters. The standard InChI is InChI=1S/C15H23N3O5S/c1-12-3-4-14(11-15(12)18(19)20)24(21,22)17-8-5-13(6-9-17)23-10-2-7-16/h3-4,11,13H,2,5-10,16H2,1H3. The maximum absolute atomic E-state index is 12.7. The highest BCUT2D eigenvalue weighted by Crippen LogP contribution is 2.26. The molecule has 1 saturated heterocycles. The van der Waals surface area contributed by atoms with Gasteiger partial charge in [0.15, 0.2) is 0 Å². The normalized spacial score (nSPS) is 17.1. The summed E-state index contributed by atoms with van der Waals surface area (Å²) >= 11 is 0. The number of nitrogens with two attached hydrogens (primary N) is 1. The molecule has 24 heavy (non-hydrogen) atoms. The average Bonchev–Trinajstić information content (AvgIpc) is 2.55. The molecule has 1 aromatic carbocycles. The molecule has 0 aromatic heterocycles. The quantitative estimate of drug-likeness (QED) is 0.448. The van der Waals surface area contributed by atoms with Crippen molar-refractivity contribution >= 4 is 15.7 Å². The lowest BCUT2D eigenvalue weighted by atomic mass is 10.1. The first-order valence-corrected chi connectivity index (χ1v) is 9.37. The summed E-state index contributed by atoms with van der Waals surface area (Å²) in [7, 11) is -3.73. The van der Waals surface area contributed by atoms with Gasteiger partial charge in [-0.15, -0.1) is 0 Å². The van der Waals surface area contributed by atoms with Crippen molar-refractivity contribution in [1.29, 1.82) is 0 Å². The van der Waals surface area contributed by atoms with Crippen molar-refractivity contribution in [3.05, 3.63) is 33.9 Å². The van der Waals surface area contributed by atoms with E-state index in [4.69, 9.17) is 10.5 Å². The Bertz CT molecular complexity index is 684. The molecule has 1 fully saturated rings. The third-order valence-corrected chi connectivity index (χ3v) is 6.01. The predicted molar refractivity (Wildman–Crippen MR) is 89.2 cm³/mol. The first-order valence-electron chi connectivity index (χ1n) is 7.93. The lowest BCUT2D eigenvalue weighted by Gasteiger charge is -2.31. The van der Waals surface area contributed by atoms with Crippen molar-refractivity contribution in [2.45, 2.75) is 37.2 Å². The molecule has 0 aliphatic carbocycles. The number of nitrogens with zero attached hydrogens (tertiary/aromatic N) is 2. The van der Waals surface area contributed by atoms with E-state index in [0.717, 1.165) is 12.5 Å². The molecule has 0 bridgehead atoms. The zero-order valence-corrected chi connectivity index (χ0v) is 14.5. The van der Waals surface area contributed by atoms with E-state index >= 15 is 0 Å². The van der Waals surface area contributed by atoms with Crippen LogP contribution in [0.4, 0.5) is 5.69 Å². The third kappa shape index (κ3) is 4.29. The molecular weight excluding hydrogens is 334 g/mol. The van der Waals surface area contributed by atoms with Gasteiger partial charge in [0, 0.05) is 31.3 Å². The lowest BCUT2D eigenvalue weighted by molar-refractivity contribution is -0.385. The average molecular weight is 357 g/mol. The zero-order valence-electron chi connectivity index (χ0n) is 13.7. The van der Waals surface area contributed by atoms with E-state index in [1.165, 1.54) is 16.4 Å². The minimum Gasteiger partial charge on any atom is -0.378 e. The molecule has 9 heteroatoms. The van der Waals surface area contributed by atoms with Crippen molar-refractivity contribution in [2.24, 2.45) is 5.73 Å². The topological polar surface area (TPSA) is 116 Å². The molecule has 0 atom stereocenters. The van der Waals surface area contributed by atoms with Gasteiger partial charge in [0.05, 0.1) is 15.9 Å². The van der Waals surface area contributed by atoms with Crippen molar-refractivity contribution in [2.75, 3.05) is 26.2 Å². The minimum atomic E-state index is -3.73. The van der Waals surface area contributed by atoms with Crippen LogP contribution in [0, 0.1) is 17.0 Å². The summed E-state index contributed by atoms with van der Waals surface area (Å²) in [5.41, 5.74) is 5.67. The van der Waals surface area contributed by atoms with Gasteiger partial charge in [-0.25, -0.2) is 8.42 Å². The van der Waals surface area contributed by atoms with E-state index in [2.05, 4.69) is 0 Å². The summed E-state index contributed by atoms with van der Waals surface area (Å²) in [5, 5.41) is 11.0. The number of rotatable bonds is 7. The fourth-order valence-corrected chi connectivity index (χ4v) is 4.16. The van der Waals surface area contributed by atoms with Crippen LogP contribution in [0.3, 0.4) is 0 Å². The first kappa shape index (κ1) is 18.8. The van der Waals surface area contributed by atoms with Gasteiger partial charge in [-0.2, -0.15) is 4.31 Å². The van der Waals surface area contributed by atoms with Crippen LogP contribution in [0.2, 0.25) is 0 Å². The third-order valence-electron chi connectivity index (χ3n) is 4.12. The van der Waals surface area contributed by atoms with Crippen molar-refractivity contribution < 1.29 is 18.1 Å². The van der Waals surface area contributed by atoms with Crippen molar-refractivity contribution in [3.63, 3.8) is 0 Å². The van der Waals surface area contributed by atoms with Crippen LogP contribution < -0.4 is 5.73 Å². The number of hydrogen-bond acceptors (Lipinski definition) is 6.